The van der Waals surface area contributed by atoms with Gasteiger partial charge in [-0.3, -0.25) is 4.79 Å². The highest BCUT2D eigenvalue weighted by molar-refractivity contribution is 7.20. The zero-order valence-corrected chi connectivity index (χ0v) is 12.0. The normalized spacial score (nSPS) is 10.7. The van der Waals surface area contributed by atoms with Crippen LogP contribution in [0.4, 0.5) is 10.1 Å². The van der Waals surface area contributed by atoms with Gasteiger partial charge in [0.1, 0.15) is 10.7 Å². The van der Waals surface area contributed by atoms with Gasteiger partial charge in [-0.1, -0.05) is 49.4 Å². The number of nitrogens with one attached hydrogen (secondary N) is 1. The number of rotatable bonds is 3. The Kier molecular flexibility index (Phi) is 3.85. The maximum atomic E-state index is 11.0. The molecule has 100 valence electrons. The number of carbonyl (C=O) groups excluding carboxylic acids is 1. The van der Waals surface area contributed by atoms with Gasteiger partial charge in [0.15, 0.2) is 5.13 Å². The Morgan fingerprint density at radius 1 is 1.32 bits per heavy atom. The number of thiazole rings is 1. The number of nitrogens with two attached hydrogens (primary N) is 1. The van der Waals surface area contributed by atoms with E-state index in [1.165, 1.54) is 23.8 Å². The fourth-order valence-corrected chi connectivity index (χ4v) is 2.57. The molecular formula is C14H17N3OS. The van der Waals surface area contributed by atoms with Gasteiger partial charge in [-0.15, -0.1) is 0 Å². The summed E-state index contributed by atoms with van der Waals surface area (Å²) in [5, 5.41) is 3.80. The molecule has 0 aliphatic heterocycles. The third kappa shape index (κ3) is 3.12. The van der Waals surface area contributed by atoms with Crippen molar-refractivity contribution in [2.24, 2.45) is 0 Å². The molecule has 19 heavy (non-hydrogen) atoms. The number of hydrogen-bond donors (Lipinski definition) is 2. The highest BCUT2D eigenvalue weighted by Crippen LogP contribution is 2.33. The largest absolute Gasteiger partial charge is 0.389 e. The molecule has 0 unspecified atom stereocenters. The topological polar surface area (TPSA) is 68.0 Å². The van der Waals surface area contributed by atoms with Crippen LogP contribution in [0, 0.1) is 0 Å². The highest BCUT2D eigenvalue weighted by atomic mass is 32.1. The first-order chi connectivity index (χ1) is 8.97. The van der Waals surface area contributed by atoms with Gasteiger partial charge in [0.25, 0.3) is 0 Å². The van der Waals surface area contributed by atoms with Crippen molar-refractivity contribution in [1.82, 2.24) is 4.98 Å². The van der Waals surface area contributed by atoms with Crippen molar-refractivity contribution in [3.63, 3.8) is 0 Å². The van der Waals surface area contributed by atoms with E-state index in [2.05, 4.69) is 36.3 Å². The van der Waals surface area contributed by atoms with Crippen LogP contribution in [0.3, 0.4) is 0 Å². The van der Waals surface area contributed by atoms with E-state index in [9.17, 15) is 4.79 Å². The van der Waals surface area contributed by atoms with Gasteiger partial charge in [-0.25, -0.2) is 4.98 Å². The summed E-state index contributed by atoms with van der Waals surface area (Å²) < 4.78 is 0. The SMILES string of the molecule is CC(=O)Nc1nc(-c2ccc(C(C)C)cc2)c(N)s1. The van der Waals surface area contributed by atoms with Gasteiger partial charge < -0.3 is 11.1 Å². The molecule has 1 heterocycles. The molecule has 1 amide bonds. The Balaban J connectivity index is 2.30. The quantitative estimate of drug-likeness (QED) is 0.901. The molecule has 0 aliphatic rings. The van der Waals surface area contributed by atoms with E-state index in [-0.39, 0.29) is 5.91 Å². The Morgan fingerprint density at radius 2 is 1.95 bits per heavy atom. The number of aromatic nitrogens is 1. The lowest BCUT2D eigenvalue weighted by molar-refractivity contribution is -0.114. The van der Waals surface area contributed by atoms with Gasteiger partial charge in [-0.2, -0.15) is 0 Å². The van der Waals surface area contributed by atoms with E-state index >= 15 is 0 Å². The van der Waals surface area contributed by atoms with Crippen molar-refractivity contribution in [2.45, 2.75) is 26.7 Å². The second-order valence-corrected chi connectivity index (χ2v) is 5.72. The molecule has 2 rings (SSSR count). The summed E-state index contributed by atoms with van der Waals surface area (Å²) in [6.45, 7) is 5.76. The average molecular weight is 275 g/mol. The molecule has 0 atom stereocenters. The minimum atomic E-state index is -0.143. The Bertz CT molecular complexity index is 587. The second-order valence-electron chi connectivity index (χ2n) is 4.69. The number of nitrogen functional groups attached to an aromatic ring is 1. The molecule has 0 radical (unpaired) electrons. The maximum absolute atomic E-state index is 11.0. The van der Waals surface area contributed by atoms with Crippen molar-refractivity contribution in [1.29, 1.82) is 0 Å². The van der Waals surface area contributed by atoms with Gasteiger partial charge in [-0.05, 0) is 11.5 Å². The molecule has 2 aromatic rings. The summed E-state index contributed by atoms with van der Waals surface area (Å²) >= 11 is 1.28. The minimum Gasteiger partial charge on any atom is -0.389 e. The maximum Gasteiger partial charge on any atom is 0.223 e. The molecule has 0 fully saturated rings. The predicted octanol–water partition coefficient (Wildman–Crippen LogP) is 3.47. The molecule has 1 aromatic heterocycles. The number of benzene rings is 1. The monoisotopic (exact) mass is 275 g/mol. The number of carbonyl (C=O) groups is 1. The Morgan fingerprint density at radius 3 is 2.47 bits per heavy atom. The summed E-state index contributed by atoms with van der Waals surface area (Å²) in [5.41, 5.74) is 8.92. The van der Waals surface area contributed by atoms with Crippen molar-refractivity contribution in [3.05, 3.63) is 29.8 Å². The van der Waals surface area contributed by atoms with Crippen LogP contribution in [-0.4, -0.2) is 10.9 Å². The van der Waals surface area contributed by atoms with Crippen molar-refractivity contribution >= 4 is 27.4 Å². The zero-order valence-electron chi connectivity index (χ0n) is 11.2. The first-order valence-electron chi connectivity index (χ1n) is 6.11. The fourth-order valence-electron chi connectivity index (χ4n) is 1.77. The number of nitrogens with zero attached hydrogens (tertiary/aromatic N) is 1. The number of hydrogen-bond acceptors (Lipinski definition) is 4. The molecule has 3 N–H and O–H groups in total. The van der Waals surface area contributed by atoms with Crippen molar-refractivity contribution in [2.75, 3.05) is 11.1 Å². The number of anilines is 2. The smallest absolute Gasteiger partial charge is 0.223 e. The van der Waals surface area contributed by atoms with E-state index in [1.807, 2.05) is 12.1 Å². The van der Waals surface area contributed by atoms with Crippen LogP contribution in [0.25, 0.3) is 11.3 Å². The molecule has 5 heteroatoms. The first-order valence-corrected chi connectivity index (χ1v) is 6.93. The van der Waals surface area contributed by atoms with Gasteiger partial charge in [0.2, 0.25) is 5.91 Å². The average Bonchev–Trinajstić information content (AvgIpc) is 2.69. The number of amides is 1. The second kappa shape index (κ2) is 5.40. The molecule has 0 aliphatic carbocycles. The third-order valence-electron chi connectivity index (χ3n) is 2.79. The lowest BCUT2D eigenvalue weighted by Crippen LogP contribution is -2.04. The van der Waals surface area contributed by atoms with Crippen molar-refractivity contribution < 1.29 is 4.79 Å². The van der Waals surface area contributed by atoms with E-state index in [0.717, 1.165) is 11.3 Å². The first kappa shape index (κ1) is 13.5. The summed E-state index contributed by atoms with van der Waals surface area (Å²) in [4.78, 5) is 15.4. The van der Waals surface area contributed by atoms with Crippen molar-refractivity contribution in [3.8, 4) is 11.3 Å². The predicted molar refractivity (Wildman–Crippen MR) is 80.4 cm³/mol. The summed E-state index contributed by atoms with van der Waals surface area (Å²) in [6, 6.07) is 8.18. The summed E-state index contributed by atoms with van der Waals surface area (Å²) in [6.07, 6.45) is 0. The Labute approximate surface area is 116 Å². The van der Waals surface area contributed by atoms with Gasteiger partial charge >= 0.3 is 0 Å². The molecule has 0 saturated carbocycles. The molecule has 0 saturated heterocycles. The van der Waals surface area contributed by atoms with E-state index in [0.29, 0.717) is 16.1 Å². The van der Waals surface area contributed by atoms with E-state index < -0.39 is 0 Å². The molecule has 0 spiro atoms. The van der Waals surface area contributed by atoms with E-state index in [4.69, 9.17) is 5.73 Å². The third-order valence-corrected chi connectivity index (χ3v) is 3.59. The van der Waals surface area contributed by atoms with Gasteiger partial charge in [0.05, 0.1) is 0 Å². The zero-order chi connectivity index (χ0) is 14.0. The van der Waals surface area contributed by atoms with Crippen LogP contribution in [0.5, 0.6) is 0 Å². The summed E-state index contributed by atoms with van der Waals surface area (Å²) in [5.74, 6) is 0.354. The Hall–Kier alpha value is -1.88. The van der Waals surface area contributed by atoms with Crippen LogP contribution in [0.2, 0.25) is 0 Å². The van der Waals surface area contributed by atoms with Crippen LogP contribution in [0.1, 0.15) is 32.3 Å². The van der Waals surface area contributed by atoms with Gasteiger partial charge in [0, 0.05) is 12.5 Å². The van der Waals surface area contributed by atoms with Crippen LogP contribution >= 0.6 is 11.3 Å². The molecule has 0 bridgehead atoms. The van der Waals surface area contributed by atoms with Crippen LogP contribution < -0.4 is 11.1 Å². The molecule has 1 aromatic carbocycles. The van der Waals surface area contributed by atoms with Crippen LogP contribution in [-0.2, 0) is 4.79 Å². The standard InChI is InChI=1S/C14H17N3OS/c1-8(2)10-4-6-11(7-5-10)12-13(15)19-14(17-12)16-9(3)18/h4-8H,15H2,1-3H3,(H,16,17,18). The summed E-state index contributed by atoms with van der Waals surface area (Å²) in [7, 11) is 0. The minimum absolute atomic E-state index is 0.143. The molecule has 4 nitrogen and oxygen atoms in total. The fraction of sp³-hybridized carbons (Fsp3) is 0.286. The highest BCUT2D eigenvalue weighted by Gasteiger charge is 2.11. The molecular weight excluding hydrogens is 258 g/mol. The lowest BCUT2D eigenvalue weighted by Gasteiger charge is -2.05. The van der Waals surface area contributed by atoms with Crippen LogP contribution in [0.15, 0.2) is 24.3 Å². The van der Waals surface area contributed by atoms with E-state index in [1.54, 1.807) is 0 Å². The lowest BCUT2D eigenvalue weighted by atomic mass is 10.0.